The van der Waals surface area contributed by atoms with Gasteiger partial charge in [-0.2, -0.15) is 5.01 Å². The summed E-state index contributed by atoms with van der Waals surface area (Å²) in [5.41, 5.74) is -1.66. The highest BCUT2D eigenvalue weighted by Crippen LogP contribution is 2.33. The predicted octanol–water partition coefficient (Wildman–Crippen LogP) is 6.96. The molecule has 45 heavy (non-hydrogen) atoms. The summed E-state index contributed by atoms with van der Waals surface area (Å²) in [7, 11) is 0. The molecule has 0 N–H and O–H groups in total. The van der Waals surface area contributed by atoms with E-state index in [1.165, 1.54) is 72.8 Å². The summed E-state index contributed by atoms with van der Waals surface area (Å²) in [6.45, 7) is -0.865. The zero-order valence-corrected chi connectivity index (χ0v) is 25.4. The number of rotatable bonds is 8. The summed E-state index contributed by atoms with van der Waals surface area (Å²) in [6, 6.07) is 16.7. The van der Waals surface area contributed by atoms with E-state index in [1.807, 2.05) is 0 Å². The molecule has 1 heterocycles. The fraction of sp³-hybridized carbons (Fsp3) is 0.0333. The lowest BCUT2D eigenvalue weighted by Gasteiger charge is -2.29. The Morgan fingerprint density at radius 1 is 0.800 bits per heavy atom. The summed E-state index contributed by atoms with van der Waals surface area (Å²) < 4.78 is 5.31. The first-order chi connectivity index (χ1) is 21.4. The highest BCUT2D eigenvalue weighted by Gasteiger charge is 2.46. The Bertz CT molecular complexity index is 1950. The summed E-state index contributed by atoms with van der Waals surface area (Å²) in [5, 5.41) is 13.0. The van der Waals surface area contributed by atoms with Gasteiger partial charge in [0.15, 0.2) is 5.78 Å². The van der Waals surface area contributed by atoms with Gasteiger partial charge in [0.25, 0.3) is 23.4 Å². The Labute approximate surface area is 273 Å². The number of benzene rings is 4. The summed E-state index contributed by atoms with van der Waals surface area (Å²) in [5.74, 6) is -4.77. The number of imide groups is 1. The van der Waals surface area contributed by atoms with E-state index in [4.69, 9.17) is 51.1 Å². The molecule has 1 aliphatic rings. The molecule has 0 unspecified atom stereocenters. The number of Topliss-reactive ketones (excluding diaryl/α,β-unsaturated/α-hetero) is 1. The second-order valence-electron chi connectivity index (χ2n) is 9.33. The van der Waals surface area contributed by atoms with E-state index in [-0.39, 0.29) is 43.1 Å². The predicted molar refractivity (Wildman–Crippen MR) is 163 cm³/mol. The molecule has 0 saturated heterocycles. The normalized spacial score (nSPS) is 12.1. The lowest BCUT2D eigenvalue weighted by molar-refractivity contribution is -0.385. The van der Waals surface area contributed by atoms with Crippen molar-refractivity contribution in [3.63, 3.8) is 0 Å². The molecule has 11 nitrogen and oxygen atoms in total. The molecule has 15 heteroatoms. The number of nitro groups is 1. The Kier molecular flexibility index (Phi) is 8.89. The lowest BCUT2D eigenvalue weighted by atomic mass is 10.1. The Morgan fingerprint density at radius 2 is 1.40 bits per heavy atom. The van der Waals surface area contributed by atoms with Gasteiger partial charge in [-0.15, -0.1) is 0 Å². The van der Waals surface area contributed by atoms with Crippen LogP contribution in [0.1, 0.15) is 51.8 Å². The van der Waals surface area contributed by atoms with Crippen molar-refractivity contribution >= 4 is 81.6 Å². The van der Waals surface area contributed by atoms with Gasteiger partial charge in [-0.05, 0) is 66.7 Å². The molecule has 3 amide bonds. The molecular weight excluding hydrogens is 672 g/mol. The molecule has 0 fully saturated rings. The Hall–Kier alpha value is -4.81. The average molecular weight is 687 g/mol. The number of halogens is 4. The molecular formula is C30H15Cl4N3O8. The van der Waals surface area contributed by atoms with Crippen LogP contribution in [0.5, 0.6) is 5.75 Å². The van der Waals surface area contributed by atoms with Gasteiger partial charge in [0.05, 0.1) is 31.7 Å². The van der Waals surface area contributed by atoms with Crippen LogP contribution in [-0.2, 0) is 0 Å². The van der Waals surface area contributed by atoms with Crippen molar-refractivity contribution in [1.29, 1.82) is 0 Å². The smallest absolute Gasteiger partial charge is 0.345 e. The third-order valence-corrected chi connectivity index (χ3v) is 7.63. The second-order valence-corrected chi connectivity index (χ2v) is 11.0. The van der Waals surface area contributed by atoms with Crippen molar-refractivity contribution in [3.8, 4) is 5.75 Å². The van der Waals surface area contributed by atoms with Crippen molar-refractivity contribution in [1.82, 2.24) is 10.0 Å². The molecule has 226 valence electrons. The first kappa shape index (κ1) is 31.6. The molecule has 5 rings (SSSR count). The summed E-state index contributed by atoms with van der Waals surface area (Å²) in [4.78, 5) is 77.3. The number of hydrogen-bond acceptors (Lipinski definition) is 8. The largest absolute Gasteiger partial charge is 0.423 e. The molecule has 4 aromatic rings. The van der Waals surface area contributed by atoms with Crippen molar-refractivity contribution in [2.75, 3.05) is 6.54 Å². The maximum atomic E-state index is 13.7. The minimum absolute atomic E-state index is 0.00178. The third kappa shape index (κ3) is 6.24. The minimum Gasteiger partial charge on any atom is -0.423 e. The monoisotopic (exact) mass is 685 g/mol. The zero-order valence-electron chi connectivity index (χ0n) is 22.3. The van der Waals surface area contributed by atoms with E-state index in [2.05, 4.69) is 0 Å². The molecule has 0 spiro atoms. The zero-order chi connectivity index (χ0) is 32.6. The first-order valence-electron chi connectivity index (χ1n) is 12.6. The van der Waals surface area contributed by atoms with Crippen LogP contribution in [-0.4, -0.2) is 51.0 Å². The van der Waals surface area contributed by atoms with Crippen LogP contribution in [0.3, 0.4) is 0 Å². The molecule has 4 aromatic carbocycles. The van der Waals surface area contributed by atoms with Gasteiger partial charge in [-0.3, -0.25) is 29.3 Å². The SMILES string of the molecule is O=C(CN(C(=O)c1ccc(Cl)cc1Cl)N1C(=O)c2cccc([N+](=O)[O-])c2C1=O)c1ccc(OC(=O)c2ccc(Cl)cc2Cl)cc1. The highest BCUT2D eigenvalue weighted by atomic mass is 35.5. The fourth-order valence-corrected chi connectivity index (χ4v) is 5.39. The minimum atomic E-state index is -1.18. The van der Waals surface area contributed by atoms with Gasteiger partial charge in [-0.1, -0.05) is 52.5 Å². The maximum absolute atomic E-state index is 13.7. The quantitative estimate of drug-likeness (QED) is 0.0483. The van der Waals surface area contributed by atoms with Crippen LogP contribution >= 0.6 is 46.4 Å². The fourth-order valence-electron chi connectivity index (χ4n) is 4.42. The lowest BCUT2D eigenvalue weighted by Crippen LogP contribution is -2.51. The maximum Gasteiger partial charge on any atom is 0.345 e. The standard InChI is InChI=1S/C30H15Cl4N3O8/c31-16-6-10-19(22(33)12-16)27(39)35(36-28(40)21-2-1-3-24(37(43)44)26(21)29(36)41)14-25(38)15-4-8-18(9-5-15)45-30(42)20-11-7-17(32)13-23(20)34/h1-13H,14H2. The number of carbonyl (C=O) groups is 5. The summed E-state index contributed by atoms with van der Waals surface area (Å²) >= 11 is 24.1. The number of amides is 3. The topological polar surface area (TPSA) is 144 Å². The van der Waals surface area contributed by atoms with Gasteiger partial charge in [-0.25, -0.2) is 9.80 Å². The van der Waals surface area contributed by atoms with E-state index in [9.17, 15) is 34.1 Å². The van der Waals surface area contributed by atoms with Crippen LogP contribution in [0.15, 0.2) is 78.9 Å². The third-order valence-electron chi connectivity index (χ3n) is 6.54. The van der Waals surface area contributed by atoms with Gasteiger partial charge >= 0.3 is 5.97 Å². The molecule has 0 saturated carbocycles. The van der Waals surface area contributed by atoms with E-state index < -0.39 is 52.2 Å². The number of esters is 1. The highest BCUT2D eigenvalue weighted by molar-refractivity contribution is 6.37. The van der Waals surface area contributed by atoms with Crippen molar-refractivity contribution < 1.29 is 33.6 Å². The number of hydrazine groups is 1. The van der Waals surface area contributed by atoms with Crippen LogP contribution in [0, 0.1) is 10.1 Å². The summed E-state index contributed by atoms with van der Waals surface area (Å²) in [6.07, 6.45) is 0. The molecule has 0 aromatic heterocycles. The Morgan fingerprint density at radius 3 is 1.98 bits per heavy atom. The van der Waals surface area contributed by atoms with Crippen LogP contribution in [0.25, 0.3) is 0 Å². The van der Waals surface area contributed by atoms with Crippen molar-refractivity contribution in [2.24, 2.45) is 0 Å². The van der Waals surface area contributed by atoms with E-state index in [0.717, 1.165) is 6.07 Å². The van der Waals surface area contributed by atoms with Crippen molar-refractivity contribution in [3.05, 3.63) is 137 Å². The van der Waals surface area contributed by atoms with Gasteiger partial charge < -0.3 is 4.74 Å². The number of carbonyl (C=O) groups excluding carboxylic acids is 5. The van der Waals surface area contributed by atoms with E-state index >= 15 is 0 Å². The molecule has 1 aliphatic heterocycles. The van der Waals surface area contributed by atoms with E-state index in [0.29, 0.717) is 15.0 Å². The first-order valence-corrected chi connectivity index (χ1v) is 14.1. The van der Waals surface area contributed by atoms with Crippen LogP contribution in [0.4, 0.5) is 5.69 Å². The molecule has 0 aliphatic carbocycles. The van der Waals surface area contributed by atoms with Gasteiger partial charge in [0, 0.05) is 21.7 Å². The average Bonchev–Trinajstić information content (AvgIpc) is 3.25. The van der Waals surface area contributed by atoms with E-state index in [1.54, 1.807) is 0 Å². The molecule has 0 radical (unpaired) electrons. The molecule has 0 atom stereocenters. The van der Waals surface area contributed by atoms with Crippen LogP contribution < -0.4 is 4.74 Å². The number of ketones is 1. The second kappa shape index (κ2) is 12.7. The molecule has 0 bridgehead atoms. The number of fused-ring (bicyclic) bond motifs is 1. The van der Waals surface area contributed by atoms with Gasteiger partial charge in [0.1, 0.15) is 17.9 Å². The van der Waals surface area contributed by atoms with Crippen LogP contribution in [0.2, 0.25) is 20.1 Å². The number of nitro benzene ring substituents is 1. The number of nitrogens with zero attached hydrogens (tertiary/aromatic N) is 3. The van der Waals surface area contributed by atoms with Gasteiger partial charge in [0.2, 0.25) is 0 Å². The Balaban J connectivity index is 1.44. The van der Waals surface area contributed by atoms with Crippen molar-refractivity contribution in [2.45, 2.75) is 0 Å². The number of hydrogen-bond donors (Lipinski definition) is 0. The number of ether oxygens (including phenoxy) is 1.